The molecule has 0 saturated heterocycles. The summed E-state index contributed by atoms with van der Waals surface area (Å²) in [6, 6.07) is 7.76. The highest BCUT2D eigenvalue weighted by Gasteiger charge is 2.30. The molecule has 0 atom stereocenters. The van der Waals surface area contributed by atoms with Gasteiger partial charge in [-0.1, -0.05) is 17.7 Å². The van der Waals surface area contributed by atoms with Gasteiger partial charge in [0.2, 0.25) is 0 Å². The molecule has 1 heterocycles. The average Bonchev–Trinajstić information content (AvgIpc) is 3.08. The van der Waals surface area contributed by atoms with E-state index in [-0.39, 0.29) is 0 Å². The fraction of sp³-hybridized carbons (Fsp3) is 0.308. The zero-order valence-electron chi connectivity index (χ0n) is 9.24. The van der Waals surface area contributed by atoms with Gasteiger partial charge >= 0.3 is 0 Å². The molecule has 0 spiro atoms. The van der Waals surface area contributed by atoms with Crippen LogP contribution in [0.1, 0.15) is 30.0 Å². The van der Waals surface area contributed by atoms with Gasteiger partial charge in [-0.15, -0.1) is 11.6 Å². The van der Waals surface area contributed by atoms with Crippen LogP contribution in [0.5, 0.6) is 0 Å². The van der Waals surface area contributed by atoms with E-state index >= 15 is 0 Å². The van der Waals surface area contributed by atoms with Crippen molar-refractivity contribution in [3.63, 3.8) is 0 Å². The van der Waals surface area contributed by atoms with Crippen LogP contribution >= 0.6 is 23.2 Å². The molecule has 0 N–H and O–H groups in total. The number of rotatable bonds is 3. The first-order valence-electron chi connectivity index (χ1n) is 5.68. The third kappa shape index (κ3) is 2.07. The van der Waals surface area contributed by atoms with Gasteiger partial charge < -0.3 is 0 Å². The fourth-order valence-corrected chi connectivity index (χ4v) is 2.49. The van der Waals surface area contributed by atoms with Gasteiger partial charge in [-0.05, 0) is 31.0 Å². The lowest BCUT2D eigenvalue weighted by atomic mass is 10.2. The molecule has 1 aliphatic carbocycles. The summed E-state index contributed by atoms with van der Waals surface area (Å²) in [6.07, 6.45) is 4.33. The first-order valence-corrected chi connectivity index (χ1v) is 6.59. The van der Waals surface area contributed by atoms with Crippen molar-refractivity contribution in [3.05, 3.63) is 46.7 Å². The van der Waals surface area contributed by atoms with E-state index < -0.39 is 0 Å². The van der Waals surface area contributed by atoms with Gasteiger partial charge in [-0.25, -0.2) is 4.68 Å². The van der Waals surface area contributed by atoms with E-state index in [0.29, 0.717) is 11.8 Å². The summed E-state index contributed by atoms with van der Waals surface area (Å²) in [5.41, 5.74) is 3.40. The van der Waals surface area contributed by atoms with Crippen molar-refractivity contribution in [1.29, 1.82) is 0 Å². The molecule has 1 aliphatic rings. The molecule has 1 aromatic heterocycles. The minimum Gasteiger partial charge on any atom is -0.237 e. The van der Waals surface area contributed by atoms with Crippen molar-refractivity contribution in [2.45, 2.75) is 24.6 Å². The van der Waals surface area contributed by atoms with Crippen LogP contribution in [0.3, 0.4) is 0 Å². The molecule has 88 valence electrons. The summed E-state index contributed by atoms with van der Waals surface area (Å²) in [5, 5.41) is 5.16. The highest BCUT2D eigenvalue weighted by molar-refractivity contribution is 6.30. The van der Waals surface area contributed by atoms with Gasteiger partial charge in [0.1, 0.15) is 0 Å². The van der Waals surface area contributed by atoms with Crippen molar-refractivity contribution in [3.8, 4) is 5.69 Å². The zero-order chi connectivity index (χ0) is 11.8. The van der Waals surface area contributed by atoms with Gasteiger partial charge in [0.15, 0.2) is 0 Å². The van der Waals surface area contributed by atoms with E-state index in [9.17, 15) is 0 Å². The van der Waals surface area contributed by atoms with E-state index in [1.807, 2.05) is 35.1 Å². The molecule has 17 heavy (non-hydrogen) atoms. The second-order valence-electron chi connectivity index (χ2n) is 4.35. The Hall–Kier alpha value is -0.990. The molecule has 1 saturated carbocycles. The molecule has 0 aliphatic heterocycles. The molecule has 0 radical (unpaired) electrons. The van der Waals surface area contributed by atoms with E-state index in [1.165, 1.54) is 18.5 Å². The monoisotopic (exact) mass is 266 g/mol. The minimum atomic E-state index is 0.520. The standard InChI is InChI=1S/C13H12Cl2N2/c14-7-10-8-16-17(13(10)9-4-5-9)12-3-1-2-11(15)6-12/h1-3,6,8-9H,4-5,7H2. The SMILES string of the molecule is ClCc1cnn(-c2cccc(Cl)c2)c1C1CC1. The van der Waals surface area contributed by atoms with Crippen LogP contribution in [0.25, 0.3) is 5.69 Å². The van der Waals surface area contributed by atoms with E-state index in [0.717, 1.165) is 16.3 Å². The molecule has 0 bridgehead atoms. The molecule has 4 heteroatoms. The first kappa shape index (κ1) is 11.1. The summed E-state index contributed by atoms with van der Waals surface area (Å²) >= 11 is 12.0. The first-order chi connectivity index (χ1) is 8.29. The van der Waals surface area contributed by atoms with E-state index in [4.69, 9.17) is 23.2 Å². The van der Waals surface area contributed by atoms with Gasteiger partial charge in [0, 0.05) is 16.5 Å². The van der Waals surface area contributed by atoms with Gasteiger partial charge in [0.05, 0.1) is 23.5 Å². The summed E-state index contributed by atoms with van der Waals surface area (Å²) in [4.78, 5) is 0. The average molecular weight is 267 g/mol. The lowest BCUT2D eigenvalue weighted by Crippen LogP contribution is -2.02. The second kappa shape index (κ2) is 4.35. The fourth-order valence-electron chi connectivity index (χ4n) is 2.10. The van der Waals surface area contributed by atoms with Crippen molar-refractivity contribution >= 4 is 23.2 Å². The topological polar surface area (TPSA) is 17.8 Å². The number of alkyl halides is 1. The minimum absolute atomic E-state index is 0.520. The van der Waals surface area contributed by atoms with Crippen LogP contribution in [0, 0.1) is 0 Å². The number of aromatic nitrogens is 2. The summed E-state index contributed by atoms with van der Waals surface area (Å²) in [5.74, 6) is 1.14. The largest absolute Gasteiger partial charge is 0.237 e. The van der Waals surface area contributed by atoms with Crippen LogP contribution in [0.4, 0.5) is 0 Å². The Balaban J connectivity index is 2.11. The lowest BCUT2D eigenvalue weighted by Gasteiger charge is -2.08. The molecule has 1 fully saturated rings. The van der Waals surface area contributed by atoms with Gasteiger partial charge in [-0.3, -0.25) is 0 Å². The van der Waals surface area contributed by atoms with Crippen LogP contribution in [-0.4, -0.2) is 9.78 Å². The number of hydrogen-bond acceptors (Lipinski definition) is 1. The van der Waals surface area contributed by atoms with Gasteiger partial charge in [-0.2, -0.15) is 5.10 Å². The number of nitrogens with zero attached hydrogens (tertiary/aromatic N) is 2. The van der Waals surface area contributed by atoms with Crippen LogP contribution < -0.4 is 0 Å². The summed E-state index contributed by atoms with van der Waals surface area (Å²) in [7, 11) is 0. The van der Waals surface area contributed by atoms with Crippen LogP contribution in [0.15, 0.2) is 30.5 Å². The zero-order valence-corrected chi connectivity index (χ0v) is 10.7. The predicted octanol–water partition coefficient (Wildman–Crippen LogP) is 4.14. The predicted molar refractivity (Wildman–Crippen MR) is 70.1 cm³/mol. The molecular weight excluding hydrogens is 255 g/mol. The highest BCUT2D eigenvalue weighted by atomic mass is 35.5. The maximum absolute atomic E-state index is 6.02. The third-order valence-corrected chi connectivity index (χ3v) is 3.57. The Morgan fingerprint density at radius 3 is 2.82 bits per heavy atom. The molecular formula is C13H12Cl2N2. The second-order valence-corrected chi connectivity index (χ2v) is 5.06. The van der Waals surface area contributed by atoms with Crippen LogP contribution in [0.2, 0.25) is 5.02 Å². The Morgan fingerprint density at radius 1 is 1.35 bits per heavy atom. The molecule has 2 aromatic rings. The Labute approximate surface area is 110 Å². The number of halogens is 2. The Kier molecular flexibility index (Phi) is 2.85. The Morgan fingerprint density at radius 2 is 2.18 bits per heavy atom. The molecule has 2 nitrogen and oxygen atoms in total. The molecule has 1 aromatic carbocycles. The van der Waals surface area contributed by atoms with Gasteiger partial charge in [0.25, 0.3) is 0 Å². The van der Waals surface area contributed by atoms with E-state index in [1.54, 1.807) is 0 Å². The van der Waals surface area contributed by atoms with Crippen molar-refractivity contribution in [2.75, 3.05) is 0 Å². The van der Waals surface area contributed by atoms with Crippen molar-refractivity contribution in [2.24, 2.45) is 0 Å². The van der Waals surface area contributed by atoms with Crippen molar-refractivity contribution < 1.29 is 0 Å². The van der Waals surface area contributed by atoms with Crippen LogP contribution in [-0.2, 0) is 5.88 Å². The third-order valence-electron chi connectivity index (χ3n) is 3.05. The Bertz CT molecular complexity index is 544. The molecule has 3 rings (SSSR count). The lowest BCUT2D eigenvalue weighted by molar-refractivity contribution is 0.805. The number of benzene rings is 1. The van der Waals surface area contributed by atoms with Crippen molar-refractivity contribution in [1.82, 2.24) is 9.78 Å². The highest BCUT2D eigenvalue weighted by Crippen LogP contribution is 2.42. The molecule has 0 unspecified atom stereocenters. The smallest absolute Gasteiger partial charge is 0.0663 e. The van der Waals surface area contributed by atoms with E-state index in [2.05, 4.69) is 5.10 Å². The summed E-state index contributed by atoms with van der Waals surface area (Å²) < 4.78 is 1.97. The quantitative estimate of drug-likeness (QED) is 0.764. The maximum atomic E-state index is 6.02. The molecule has 0 amide bonds. The normalized spacial score (nSPS) is 15.2. The number of hydrogen-bond donors (Lipinski definition) is 0. The summed E-state index contributed by atoms with van der Waals surface area (Å²) in [6.45, 7) is 0. The maximum Gasteiger partial charge on any atom is 0.0663 e.